The summed E-state index contributed by atoms with van der Waals surface area (Å²) in [5.74, 6) is 1.34. The average molecular weight is 736 g/mol. The summed E-state index contributed by atoms with van der Waals surface area (Å²) in [4.78, 5) is 3.12. The van der Waals surface area contributed by atoms with Gasteiger partial charge in [-0.1, -0.05) is 151 Å². The fourth-order valence-electron chi connectivity index (χ4n) is 7.60. The molecule has 0 saturated carbocycles. The molecule has 278 valence electrons. The fourth-order valence-corrected chi connectivity index (χ4v) is 7.60. The number of nitrogens with zero attached hydrogens (tertiary/aromatic N) is 3. The Morgan fingerprint density at radius 3 is 1.40 bits per heavy atom. The van der Waals surface area contributed by atoms with Crippen LogP contribution in [0.3, 0.4) is 0 Å². The van der Waals surface area contributed by atoms with Gasteiger partial charge in [0, 0.05) is 4.91 Å². The summed E-state index contributed by atoms with van der Waals surface area (Å²) in [5.41, 5.74) is 10.3. The van der Waals surface area contributed by atoms with Crippen molar-refractivity contribution in [3.63, 3.8) is 0 Å². The maximum atomic E-state index is 16.9. The van der Waals surface area contributed by atoms with E-state index >= 15 is 4.39 Å². The number of alkyl halides is 1. The van der Waals surface area contributed by atoms with Crippen molar-refractivity contribution in [1.29, 1.82) is 0 Å². The molecule has 1 fully saturated rings. The summed E-state index contributed by atoms with van der Waals surface area (Å²) in [6.45, 7) is -0.780. The van der Waals surface area contributed by atoms with Crippen LogP contribution in [0.15, 0.2) is 175 Å². The van der Waals surface area contributed by atoms with Crippen molar-refractivity contribution in [1.82, 2.24) is 0 Å². The molecule has 7 rings (SSSR count). The predicted octanol–water partition coefficient (Wildman–Crippen LogP) is 9.81. The smallest absolute Gasteiger partial charge is 0.152 e. The first-order chi connectivity index (χ1) is 27.0. The zero-order valence-corrected chi connectivity index (χ0v) is 30.7. The molecule has 0 spiro atoms. The van der Waals surface area contributed by atoms with Gasteiger partial charge in [0.25, 0.3) is 0 Å². The molecule has 1 aliphatic rings. The van der Waals surface area contributed by atoms with Gasteiger partial charge in [-0.2, -0.15) is 0 Å². The average Bonchev–Trinajstić information content (AvgIpc) is 3.57. The number of hydrogen-bond donors (Lipinski definition) is 0. The Kier molecular flexibility index (Phi) is 11.3. The van der Waals surface area contributed by atoms with E-state index in [-0.39, 0.29) is 19.8 Å². The first kappa shape index (κ1) is 37.4. The van der Waals surface area contributed by atoms with E-state index in [1.807, 2.05) is 170 Å². The van der Waals surface area contributed by atoms with Crippen molar-refractivity contribution in [2.45, 2.75) is 29.1 Å². The second-order valence-electron chi connectivity index (χ2n) is 13.4. The van der Waals surface area contributed by atoms with Gasteiger partial charge in [-0.25, -0.2) is 4.39 Å². The fraction of sp³-hybridized carbons (Fsp3) is 0.217. The van der Waals surface area contributed by atoms with Gasteiger partial charge >= 0.3 is 0 Å². The molecule has 0 aromatic heterocycles. The summed E-state index contributed by atoms with van der Waals surface area (Å²) in [5, 5.41) is 4.02. The molecule has 0 unspecified atom stereocenters. The lowest BCUT2D eigenvalue weighted by Crippen LogP contribution is -2.55. The van der Waals surface area contributed by atoms with Gasteiger partial charge in [0.05, 0.1) is 34.0 Å². The van der Waals surface area contributed by atoms with E-state index < -0.39 is 29.1 Å². The molecule has 8 nitrogen and oxygen atoms in total. The SMILES string of the molecule is COc1ccc(C(OC[C@@]2(CN=[N+]=[N-])OC[C@H](F)[C@@H]2OC(c2ccccc2)(c2ccccc2)c2ccc(OC)cc2)(c2ccccc2)c2ccccc2)cc1. The molecule has 0 amide bonds. The van der Waals surface area contributed by atoms with Crippen molar-refractivity contribution in [3.05, 3.63) is 214 Å². The van der Waals surface area contributed by atoms with Crippen LogP contribution >= 0.6 is 0 Å². The first-order valence-corrected chi connectivity index (χ1v) is 18.1. The van der Waals surface area contributed by atoms with Crippen LogP contribution in [-0.4, -0.2) is 51.9 Å². The van der Waals surface area contributed by atoms with Crippen molar-refractivity contribution >= 4 is 0 Å². The predicted molar refractivity (Wildman–Crippen MR) is 210 cm³/mol. The number of azide groups is 1. The van der Waals surface area contributed by atoms with E-state index in [0.717, 1.165) is 33.4 Å². The normalized spacial score (nSPS) is 18.3. The maximum absolute atomic E-state index is 16.9. The van der Waals surface area contributed by atoms with Gasteiger partial charge in [0.15, 0.2) is 6.17 Å². The third-order valence-electron chi connectivity index (χ3n) is 10.3. The number of ether oxygens (including phenoxy) is 5. The number of halogens is 1. The molecule has 0 aliphatic carbocycles. The summed E-state index contributed by atoms with van der Waals surface area (Å²) < 4.78 is 49.0. The Bertz CT molecular complexity index is 2090. The highest BCUT2D eigenvalue weighted by Gasteiger charge is 2.57. The second kappa shape index (κ2) is 16.6. The molecule has 55 heavy (non-hydrogen) atoms. The van der Waals surface area contributed by atoms with Crippen molar-refractivity contribution in [2.24, 2.45) is 5.11 Å². The highest BCUT2D eigenvalue weighted by Crippen LogP contribution is 2.48. The van der Waals surface area contributed by atoms with Gasteiger partial charge < -0.3 is 23.7 Å². The lowest BCUT2D eigenvalue weighted by Gasteiger charge is -2.44. The van der Waals surface area contributed by atoms with Gasteiger partial charge in [-0.15, -0.1) is 0 Å². The number of rotatable bonds is 15. The molecular weight excluding hydrogens is 694 g/mol. The largest absolute Gasteiger partial charge is 0.497 e. The Morgan fingerprint density at radius 1 is 0.618 bits per heavy atom. The quantitative estimate of drug-likeness (QED) is 0.0453. The molecule has 0 radical (unpaired) electrons. The minimum Gasteiger partial charge on any atom is -0.497 e. The molecule has 9 heteroatoms. The summed E-state index contributed by atoms with van der Waals surface area (Å²) in [7, 11) is 3.23. The molecule has 6 aromatic rings. The molecule has 0 N–H and O–H groups in total. The molecular formula is C46H42FN3O5. The van der Waals surface area contributed by atoms with Crippen molar-refractivity contribution in [3.8, 4) is 11.5 Å². The van der Waals surface area contributed by atoms with E-state index in [1.165, 1.54) is 0 Å². The van der Waals surface area contributed by atoms with Crippen LogP contribution in [0.1, 0.15) is 33.4 Å². The Balaban J connectivity index is 1.41. The summed E-state index contributed by atoms with van der Waals surface area (Å²) in [6.07, 6.45) is -2.90. The second-order valence-corrected chi connectivity index (χ2v) is 13.4. The first-order valence-electron chi connectivity index (χ1n) is 18.1. The van der Waals surface area contributed by atoms with Crippen LogP contribution < -0.4 is 9.47 Å². The number of benzene rings is 6. The van der Waals surface area contributed by atoms with Gasteiger partial charge in [0.2, 0.25) is 0 Å². The molecule has 1 aliphatic heterocycles. The highest BCUT2D eigenvalue weighted by atomic mass is 19.1. The number of methoxy groups -OCH3 is 2. The lowest BCUT2D eigenvalue weighted by molar-refractivity contribution is -0.171. The summed E-state index contributed by atoms with van der Waals surface area (Å²) in [6, 6.07) is 54.4. The molecule has 0 bridgehead atoms. The van der Waals surface area contributed by atoms with Crippen LogP contribution in [0, 0.1) is 0 Å². The van der Waals surface area contributed by atoms with Crippen LogP contribution in [-0.2, 0) is 25.4 Å². The Morgan fingerprint density at radius 2 is 1.00 bits per heavy atom. The Hall–Kier alpha value is -5.96. The van der Waals surface area contributed by atoms with Crippen LogP contribution in [0.4, 0.5) is 4.39 Å². The number of hydrogen-bond acceptors (Lipinski definition) is 6. The van der Waals surface area contributed by atoms with E-state index in [9.17, 15) is 5.53 Å². The maximum Gasteiger partial charge on any atom is 0.152 e. The molecule has 6 aromatic carbocycles. The monoisotopic (exact) mass is 735 g/mol. The van der Waals surface area contributed by atoms with Gasteiger partial charge in [0.1, 0.15) is 34.4 Å². The Labute approximate surface area is 320 Å². The minimum atomic E-state index is -1.62. The molecule has 1 heterocycles. The standard InChI is InChI=1S/C46H42FN3O5/c1-51-40-27-23-38(24-28-40)45(34-15-7-3-8-16-34,35-17-9-4-10-18-35)54-33-44(32-49-50-48)43(42(47)31-53-44)55-46(36-19-11-5-12-20-36,37-21-13-6-14-22-37)39-25-29-41(52-2)30-26-39/h3-30,42-43H,31-33H2,1-2H3/t42-,43-,44+/m0/s1. The highest BCUT2D eigenvalue weighted by molar-refractivity contribution is 5.50. The third kappa shape index (κ3) is 7.19. The van der Waals surface area contributed by atoms with E-state index in [1.54, 1.807) is 14.2 Å². The third-order valence-corrected chi connectivity index (χ3v) is 10.3. The van der Waals surface area contributed by atoms with Crippen LogP contribution in [0.5, 0.6) is 11.5 Å². The van der Waals surface area contributed by atoms with Gasteiger partial charge in [-0.05, 0) is 63.2 Å². The summed E-state index contributed by atoms with van der Waals surface area (Å²) >= 11 is 0. The molecule has 3 atom stereocenters. The van der Waals surface area contributed by atoms with E-state index in [2.05, 4.69) is 10.0 Å². The van der Waals surface area contributed by atoms with Crippen LogP contribution in [0.25, 0.3) is 10.4 Å². The van der Waals surface area contributed by atoms with Crippen molar-refractivity contribution < 1.29 is 28.1 Å². The zero-order chi connectivity index (χ0) is 38.1. The van der Waals surface area contributed by atoms with E-state index in [0.29, 0.717) is 11.5 Å². The van der Waals surface area contributed by atoms with Crippen LogP contribution in [0.2, 0.25) is 0 Å². The topological polar surface area (TPSA) is 94.9 Å². The van der Waals surface area contributed by atoms with E-state index in [4.69, 9.17) is 23.7 Å². The lowest BCUT2D eigenvalue weighted by atomic mass is 9.79. The van der Waals surface area contributed by atoms with Gasteiger partial charge in [-0.3, -0.25) is 0 Å². The van der Waals surface area contributed by atoms with Crippen molar-refractivity contribution in [2.75, 3.05) is 34.0 Å². The minimum absolute atomic E-state index is 0.213. The molecule has 1 saturated heterocycles. The zero-order valence-electron chi connectivity index (χ0n) is 30.7.